The van der Waals surface area contributed by atoms with Crippen LogP contribution in [0.5, 0.6) is 5.75 Å². The Morgan fingerprint density at radius 3 is 2.84 bits per heavy atom. The van der Waals surface area contributed by atoms with Crippen LogP contribution in [0.15, 0.2) is 59.9 Å². The van der Waals surface area contributed by atoms with Gasteiger partial charge in [-0.15, -0.1) is 0 Å². The molecule has 0 radical (unpaired) electrons. The second-order valence-electron chi connectivity index (χ2n) is 7.51. The Morgan fingerprint density at radius 1 is 1.16 bits per heavy atom. The molecule has 3 aromatic rings. The van der Waals surface area contributed by atoms with Crippen LogP contribution in [0.3, 0.4) is 0 Å². The fourth-order valence-corrected chi connectivity index (χ4v) is 3.70. The Balaban J connectivity index is 1.40. The van der Waals surface area contributed by atoms with E-state index >= 15 is 0 Å². The normalized spacial score (nSPS) is 13.4. The average molecular weight is 438 g/mol. The summed E-state index contributed by atoms with van der Waals surface area (Å²) in [6.45, 7) is 5.19. The van der Waals surface area contributed by atoms with E-state index in [1.807, 2.05) is 36.0 Å². The van der Waals surface area contributed by atoms with E-state index in [-0.39, 0.29) is 12.6 Å². The predicted octanol–water partition coefficient (Wildman–Crippen LogP) is 3.23. The summed E-state index contributed by atoms with van der Waals surface area (Å²) in [5.41, 5.74) is 3.91. The molecule has 4 rings (SSSR count). The number of aliphatic imine (C=N–C) groups is 1. The number of nitrogens with zero attached hydrogens (tertiary/aromatic N) is 3. The highest BCUT2D eigenvalue weighted by Gasteiger charge is 2.16. The van der Waals surface area contributed by atoms with Gasteiger partial charge in [-0.25, -0.2) is 9.38 Å². The third-order valence-electron chi connectivity index (χ3n) is 5.20. The minimum absolute atomic E-state index is 0.196. The zero-order valence-electron chi connectivity index (χ0n) is 18.2. The highest BCUT2D eigenvalue weighted by Crippen LogP contribution is 2.29. The lowest BCUT2D eigenvalue weighted by Gasteiger charge is -2.21. The number of hydrogen-bond donors (Lipinski definition) is 2. The van der Waals surface area contributed by atoms with Crippen LogP contribution < -0.4 is 15.4 Å². The van der Waals surface area contributed by atoms with Gasteiger partial charge >= 0.3 is 0 Å². The minimum Gasteiger partial charge on any atom is -0.467 e. The van der Waals surface area contributed by atoms with E-state index < -0.39 is 0 Å². The summed E-state index contributed by atoms with van der Waals surface area (Å²) in [5.74, 6) is 1.17. The zero-order valence-corrected chi connectivity index (χ0v) is 18.2. The van der Waals surface area contributed by atoms with Gasteiger partial charge in [0.05, 0.1) is 19.7 Å². The Kier molecular flexibility index (Phi) is 7.34. The predicted molar refractivity (Wildman–Crippen MR) is 121 cm³/mol. The van der Waals surface area contributed by atoms with E-state index in [1.54, 1.807) is 6.20 Å². The van der Waals surface area contributed by atoms with Gasteiger partial charge in [-0.2, -0.15) is 5.10 Å². The molecule has 0 fully saturated rings. The number of guanidine groups is 1. The van der Waals surface area contributed by atoms with Crippen molar-refractivity contribution in [2.24, 2.45) is 4.99 Å². The lowest BCUT2D eigenvalue weighted by molar-refractivity contribution is -0.0172. The van der Waals surface area contributed by atoms with Gasteiger partial charge in [-0.05, 0) is 48.2 Å². The number of fused-ring (bicyclic) bond motifs is 1. The Morgan fingerprint density at radius 2 is 2.03 bits per heavy atom. The molecule has 0 saturated heterocycles. The Bertz CT molecular complexity index is 1050. The first-order valence-corrected chi connectivity index (χ1v) is 10.8. The first-order valence-electron chi connectivity index (χ1n) is 10.8. The van der Waals surface area contributed by atoms with E-state index in [0.717, 1.165) is 34.9 Å². The smallest absolute Gasteiger partial charge is 0.191 e. The van der Waals surface area contributed by atoms with Crippen LogP contribution in [0.4, 0.5) is 4.39 Å². The lowest BCUT2D eigenvalue weighted by atomic mass is 10.1. The molecular formula is C24H28FN5O2. The molecule has 0 aliphatic carbocycles. The van der Waals surface area contributed by atoms with Gasteiger partial charge in [0, 0.05) is 31.0 Å². The highest BCUT2D eigenvalue weighted by atomic mass is 19.1. The fourth-order valence-electron chi connectivity index (χ4n) is 3.70. The van der Waals surface area contributed by atoms with Crippen LogP contribution in [0.25, 0.3) is 0 Å². The standard InChI is InChI=1S/C24H28FN5O2/c1-2-26-24(27-10-8-18-12-22(25)13-21-16-31-17-32-23(18)21)28-14-19-6-3-4-7-20(19)15-30-11-5-9-29-30/h3-7,9,11-13H,2,8,10,14-17H2,1H3,(H2,26,27,28). The number of aromatic nitrogens is 2. The number of ether oxygens (including phenoxy) is 2. The summed E-state index contributed by atoms with van der Waals surface area (Å²) in [5, 5.41) is 10.9. The highest BCUT2D eigenvalue weighted by molar-refractivity contribution is 5.79. The quantitative estimate of drug-likeness (QED) is 0.418. The maximum atomic E-state index is 14.0. The van der Waals surface area contributed by atoms with Crippen LogP contribution in [0.1, 0.15) is 29.2 Å². The molecule has 2 aromatic carbocycles. The van der Waals surface area contributed by atoms with Crippen LogP contribution in [-0.2, 0) is 30.9 Å². The summed E-state index contributed by atoms with van der Waals surface area (Å²) in [7, 11) is 0. The van der Waals surface area contributed by atoms with E-state index in [0.29, 0.717) is 32.7 Å². The van der Waals surface area contributed by atoms with Crippen molar-refractivity contribution in [2.75, 3.05) is 19.9 Å². The van der Waals surface area contributed by atoms with Crippen molar-refractivity contribution in [3.05, 3.63) is 82.9 Å². The van der Waals surface area contributed by atoms with Crippen LogP contribution in [0.2, 0.25) is 0 Å². The SMILES string of the molecule is CCNC(=NCc1ccccc1Cn1cccn1)NCCc1cc(F)cc2c1OCOC2. The number of benzene rings is 2. The molecule has 7 nitrogen and oxygen atoms in total. The van der Waals surface area contributed by atoms with Gasteiger partial charge in [-0.3, -0.25) is 4.68 Å². The molecule has 0 saturated carbocycles. The van der Waals surface area contributed by atoms with E-state index in [1.165, 1.54) is 17.7 Å². The second-order valence-corrected chi connectivity index (χ2v) is 7.51. The third-order valence-corrected chi connectivity index (χ3v) is 5.20. The van der Waals surface area contributed by atoms with Crippen molar-refractivity contribution in [1.82, 2.24) is 20.4 Å². The van der Waals surface area contributed by atoms with Crippen molar-refractivity contribution in [3.8, 4) is 5.75 Å². The number of rotatable bonds is 8. The van der Waals surface area contributed by atoms with Crippen LogP contribution in [0, 0.1) is 5.82 Å². The molecule has 0 atom stereocenters. The van der Waals surface area contributed by atoms with E-state index in [9.17, 15) is 4.39 Å². The second kappa shape index (κ2) is 10.8. The largest absolute Gasteiger partial charge is 0.467 e. The van der Waals surface area contributed by atoms with Gasteiger partial charge in [0.15, 0.2) is 12.8 Å². The molecular weight excluding hydrogens is 409 g/mol. The van der Waals surface area contributed by atoms with Gasteiger partial charge < -0.3 is 20.1 Å². The Hall–Kier alpha value is -3.39. The maximum Gasteiger partial charge on any atom is 0.191 e. The molecule has 0 bridgehead atoms. The van der Waals surface area contributed by atoms with Crippen molar-refractivity contribution in [1.29, 1.82) is 0 Å². The third kappa shape index (κ3) is 5.64. The summed E-state index contributed by atoms with van der Waals surface area (Å²) in [6.07, 6.45) is 4.34. The summed E-state index contributed by atoms with van der Waals surface area (Å²) in [4.78, 5) is 4.75. The molecule has 168 valence electrons. The van der Waals surface area contributed by atoms with Crippen molar-refractivity contribution >= 4 is 5.96 Å². The lowest BCUT2D eigenvalue weighted by Crippen LogP contribution is -2.38. The van der Waals surface area contributed by atoms with Crippen molar-refractivity contribution in [3.63, 3.8) is 0 Å². The molecule has 1 aliphatic rings. The van der Waals surface area contributed by atoms with Crippen molar-refractivity contribution in [2.45, 2.75) is 33.0 Å². The molecule has 32 heavy (non-hydrogen) atoms. The number of halogens is 1. The van der Waals surface area contributed by atoms with Gasteiger partial charge in [-0.1, -0.05) is 24.3 Å². The molecule has 0 unspecified atom stereocenters. The molecule has 2 heterocycles. The molecule has 1 aromatic heterocycles. The fraction of sp³-hybridized carbons (Fsp3) is 0.333. The van der Waals surface area contributed by atoms with E-state index in [4.69, 9.17) is 14.5 Å². The van der Waals surface area contributed by atoms with Crippen LogP contribution in [-0.4, -0.2) is 35.6 Å². The van der Waals surface area contributed by atoms with E-state index in [2.05, 4.69) is 27.9 Å². The number of nitrogens with one attached hydrogen (secondary N) is 2. The van der Waals surface area contributed by atoms with Gasteiger partial charge in [0.25, 0.3) is 0 Å². The summed E-state index contributed by atoms with van der Waals surface area (Å²) < 4.78 is 26.7. The Labute approximate surface area is 187 Å². The minimum atomic E-state index is -0.276. The molecule has 2 N–H and O–H groups in total. The zero-order chi connectivity index (χ0) is 22.2. The van der Waals surface area contributed by atoms with Crippen molar-refractivity contribution < 1.29 is 13.9 Å². The first-order chi connectivity index (χ1) is 15.7. The number of hydrogen-bond acceptors (Lipinski definition) is 4. The average Bonchev–Trinajstić information content (AvgIpc) is 3.31. The van der Waals surface area contributed by atoms with Gasteiger partial charge in [0.1, 0.15) is 11.6 Å². The summed E-state index contributed by atoms with van der Waals surface area (Å²) >= 11 is 0. The monoisotopic (exact) mass is 437 g/mol. The molecule has 0 spiro atoms. The molecule has 8 heteroatoms. The maximum absolute atomic E-state index is 14.0. The van der Waals surface area contributed by atoms with Gasteiger partial charge in [0.2, 0.25) is 0 Å². The summed E-state index contributed by atoms with van der Waals surface area (Å²) in [6, 6.07) is 13.2. The van der Waals surface area contributed by atoms with Crippen LogP contribution >= 0.6 is 0 Å². The molecule has 1 aliphatic heterocycles. The topological polar surface area (TPSA) is 72.7 Å². The first kappa shape index (κ1) is 21.8. The molecule has 0 amide bonds.